The number of piperidine rings is 1. The highest BCUT2D eigenvalue weighted by atomic mass is 35.5. The average Bonchev–Trinajstić information content (AvgIpc) is 2.98. The van der Waals surface area contributed by atoms with E-state index in [-0.39, 0.29) is 12.1 Å². The van der Waals surface area contributed by atoms with Crippen LogP contribution in [0.4, 0.5) is 22.0 Å². The molecule has 28 heavy (non-hydrogen) atoms. The van der Waals surface area contributed by atoms with Crippen molar-refractivity contribution in [3.63, 3.8) is 0 Å². The van der Waals surface area contributed by atoms with E-state index < -0.39 is 5.82 Å². The number of nitrogens with one attached hydrogen (secondary N) is 3. The van der Waals surface area contributed by atoms with Gasteiger partial charge in [-0.1, -0.05) is 11.6 Å². The zero-order valence-electron chi connectivity index (χ0n) is 15.8. The van der Waals surface area contributed by atoms with E-state index in [0.717, 1.165) is 31.6 Å². The predicted octanol–water partition coefficient (Wildman–Crippen LogP) is 4.11. The highest BCUT2D eigenvalue weighted by Gasteiger charge is 2.23. The van der Waals surface area contributed by atoms with Crippen LogP contribution in [0.15, 0.2) is 24.4 Å². The average molecular weight is 404 g/mol. The number of nitrogens with zero attached hydrogens (tertiary/aromatic N) is 4. The number of benzene rings is 1. The molecular weight excluding hydrogens is 381 g/mol. The lowest BCUT2D eigenvalue weighted by molar-refractivity contribution is 0.377. The highest BCUT2D eigenvalue weighted by Crippen LogP contribution is 2.31. The number of imidazole rings is 1. The molecule has 0 bridgehead atoms. The molecule has 1 aliphatic heterocycles. The van der Waals surface area contributed by atoms with Crippen LogP contribution in [0, 0.1) is 5.82 Å². The van der Waals surface area contributed by atoms with Gasteiger partial charge in [-0.15, -0.1) is 0 Å². The maximum atomic E-state index is 13.8. The largest absolute Gasteiger partial charge is 0.352 e. The van der Waals surface area contributed by atoms with Gasteiger partial charge in [0.15, 0.2) is 5.65 Å². The molecule has 0 radical (unpaired) electrons. The third-order valence-electron chi connectivity index (χ3n) is 4.64. The maximum absolute atomic E-state index is 13.8. The van der Waals surface area contributed by atoms with Crippen molar-refractivity contribution in [2.45, 2.75) is 38.8 Å². The van der Waals surface area contributed by atoms with Gasteiger partial charge in [-0.25, -0.2) is 14.4 Å². The summed E-state index contributed by atoms with van der Waals surface area (Å²) in [7, 11) is 0. The van der Waals surface area contributed by atoms with E-state index >= 15 is 0 Å². The lowest BCUT2D eigenvalue weighted by Crippen LogP contribution is -2.30. The second kappa shape index (κ2) is 7.89. The van der Waals surface area contributed by atoms with Crippen molar-refractivity contribution in [3.05, 3.63) is 35.2 Å². The van der Waals surface area contributed by atoms with Gasteiger partial charge in [0.2, 0.25) is 11.9 Å². The molecule has 0 spiro atoms. The molecule has 4 rings (SSSR count). The van der Waals surface area contributed by atoms with Crippen molar-refractivity contribution in [1.82, 2.24) is 24.8 Å². The summed E-state index contributed by atoms with van der Waals surface area (Å²) in [4.78, 5) is 13.7. The Morgan fingerprint density at radius 1 is 1.21 bits per heavy atom. The standard InChI is InChI=1S/C19H23ClFN7/c1-11(2)24-18-23-10-16-17(27-18)28(15-3-5-22-6-4-15)19(26-16)25-14-8-12(20)7-13(21)9-14/h7-11,15,22H,3-6H2,1-2H3,(H,25,26)(H,23,24,27). The summed E-state index contributed by atoms with van der Waals surface area (Å²) in [6.45, 7) is 5.94. The molecule has 1 fully saturated rings. The summed E-state index contributed by atoms with van der Waals surface area (Å²) in [5.41, 5.74) is 2.00. The quantitative estimate of drug-likeness (QED) is 0.595. The van der Waals surface area contributed by atoms with Crippen LogP contribution in [0.25, 0.3) is 11.2 Å². The molecule has 0 atom stereocenters. The molecule has 9 heteroatoms. The molecule has 3 aromatic rings. The van der Waals surface area contributed by atoms with E-state index in [1.54, 1.807) is 12.3 Å². The third kappa shape index (κ3) is 4.02. The Hall–Kier alpha value is -2.45. The summed E-state index contributed by atoms with van der Waals surface area (Å²) >= 11 is 6.01. The van der Waals surface area contributed by atoms with Crippen LogP contribution < -0.4 is 16.0 Å². The van der Waals surface area contributed by atoms with Gasteiger partial charge in [0.05, 0.1) is 6.20 Å². The zero-order chi connectivity index (χ0) is 19.7. The van der Waals surface area contributed by atoms with Gasteiger partial charge >= 0.3 is 0 Å². The van der Waals surface area contributed by atoms with E-state index in [4.69, 9.17) is 16.6 Å². The molecule has 3 N–H and O–H groups in total. The van der Waals surface area contributed by atoms with Crippen LogP contribution in [0.5, 0.6) is 0 Å². The summed E-state index contributed by atoms with van der Waals surface area (Å²) in [6.07, 6.45) is 3.64. The fourth-order valence-electron chi connectivity index (χ4n) is 3.47. The van der Waals surface area contributed by atoms with Crippen molar-refractivity contribution in [2.75, 3.05) is 23.7 Å². The van der Waals surface area contributed by atoms with Crippen molar-refractivity contribution in [3.8, 4) is 0 Å². The molecule has 1 aliphatic rings. The van der Waals surface area contributed by atoms with E-state index in [1.165, 1.54) is 12.1 Å². The monoisotopic (exact) mass is 403 g/mol. The topological polar surface area (TPSA) is 79.7 Å². The number of halogens is 2. The summed E-state index contributed by atoms with van der Waals surface area (Å²) < 4.78 is 15.9. The molecular formula is C19H23ClFN7. The van der Waals surface area contributed by atoms with Crippen LogP contribution in [0.1, 0.15) is 32.7 Å². The van der Waals surface area contributed by atoms with Crippen LogP contribution >= 0.6 is 11.6 Å². The van der Waals surface area contributed by atoms with Crippen molar-refractivity contribution >= 4 is 40.3 Å². The Labute approximate surface area is 167 Å². The molecule has 0 unspecified atom stereocenters. The maximum Gasteiger partial charge on any atom is 0.224 e. The first-order valence-corrected chi connectivity index (χ1v) is 9.83. The SMILES string of the molecule is CC(C)Nc1ncc2nc(Nc3cc(F)cc(Cl)c3)n(C3CCNCC3)c2n1. The first-order chi connectivity index (χ1) is 13.5. The first-order valence-electron chi connectivity index (χ1n) is 9.45. The van der Waals surface area contributed by atoms with Crippen LogP contribution in [-0.2, 0) is 0 Å². The number of anilines is 3. The molecule has 0 aliphatic carbocycles. The first kappa shape index (κ1) is 18.9. The lowest BCUT2D eigenvalue weighted by Gasteiger charge is -2.26. The fourth-order valence-corrected chi connectivity index (χ4v) is 3.69. The summed E-state index contributed by atoms with van der Waals surface area (Å²) in [5, 5.41) is 10.2. The van der Waals surface area contributed by atoms with Crippen molar-refractivity contribution < 1.29 is 4.39 Å². The van der Waals surface area contributed by atoms with Gasteiger partial charge in [-0.2, -0.15) is 4.98 Å². The highest BCUT2D eigenvalue weighted by molar-refractivity contribution is 6.30. The third-order valence-corrected chi connectivity index (χ3v) is 4.86. The van der Waals surface area contributed by atoms with Crippen molar-refractivity contribution in [1.29, 1.82) is 0 Å². The number of hydrogen-bond acceptors (Lipinski definition) is 6. The molecule has 1 saturated heterocycles. The number of hydrogen-bond donors (Lipinski definition) is 3. The van der Waals surface area contributed by atoms with Crippen LogP contribution in [0.2, 0.25) is 5.02 Å². The molecule has 0 saturated carbocycles. The fraction of sp³-hybridized carbons (Fsp3) is 0.421. The molecule has 7 nitrogen and oxygen atoms in total. The minimum Gasteiger partial charge on any atom is -0.352 e. The van der Waals surface area contributed by atoms with E-state index in [1.807, 2.05) is 13.8 Å². The summed E-state index contributed by atoms with van der Waals surface area (Å²) in [5.74, 6) is 0.778. The number of fused-ring (bicyclic) bond motifs is 1. The van der Waals surface area contributed by atoms with E-state index in [2.05, 4.69) is 30.5 Å². The van der Waals surface area contributed by atoms with Gasteiger partial charge in [-0.05, 0) is 58.0 Å². The predicted molar refractivity (Wildman–Crippen MR) is 110 cm³/mol. The van der Waals surface area contributed by atoms with Crippen LogP contribution in [0.3, 0.4) is 0 Å². The van der Waals surface area contributed by atoms with Gasteiger partial charge in [-0.3, -0.25) is 4.57 Å². The van der Waals surface area contributed by atoms with E-state index in [9.17, 15) is 4.39 Å². The Balaban J connectivity index is 1.79. The Morgan fingerprint density at radius 2 is 2.00 bits per heavy atom. The Kier molecular flexibility index (Phi) is 5.32. The smallest absolute Gasteiger partial charge is 0.224 e. The Bertz CT molecular complexity index is 962. The van der Waals surface area contributed by atoms with Gasteiger partial charge < -0.3 is 16.0 Å². The second-order valence-electron chi connectivity index (χ2n) is 7.27. The molecule has 3 heterocycles. The molecule has 1 aromatic carbocycles. The number of rotatable bonds is 5. The molecule has 148 valence electrons. The minimum atomic E-state index is -0.400. The zero-order valence-corrected chi connectivity index (χ0v) is 16.6. The number of aromatic nitrogens is 4. The Morgan fingerprint density at radius 3 is 2.71 bits per heavy atom. The normalized spacial score (nSPS) is 15.3. The van der Waals surface area contributed by atoms with Gasteiger partial charge in [0, 0.05) is 22.8 Å². The van der Waals surface area contributed by atoms with Gasteiger partial charge in [0.25, 0.3) is 0 Å². The van der Waals surface area contributed by atoms with Gasteiger partial charge in [0.1, 0.15) is 11.3 Å². The van der Waals surface area contributed by atoms with Crippen LogP contribution in [-0.4, -0.2) is 38.7 Å². The lowest BCUT2D eigenvalue weighted by atomic mass is 10.1. The molecule has 2 aromatic heterocycles. The summed E-state index contributed by atoms with van der Waals surface area (Å²) in [6, 6.07) is 4.81. The molecule has 0 amide bonds. The minimum absolute atomic E-state index is 0.222. The second-order valence-corrected chi connectivity index (χ2v) is 7.71. The van der Waals surface area contributed by atoms with E-state index in [0.29, 0.717) is 28.1 Å². The van der Waals surface area contributed by atoms with Crippen molar-refractivity contribution in [2.24, 2.45) is 0 Å².